The first-order chi connectivity index (χ1) is 8.91. The highest BCUT2D eigenvalue weighted by Gasteiger charge is 2.48. The Morgan fingerprint density at radius 2 is 1.95 bits per heavy atom. The van der Waals surface area contributed by atoms with Crippen molar-refractivity contribution in [3.05, 3.63) is 34.9 Å². The fraction of sp³-hybridized carbons (Fsp3) is 0.429. The molecule has 0 saturated heterocycles. The quantitative estimate of drug-likeness (QED) is 0.870. The standard InChI is InChI=1S/C14H16ClNO3/c1-14(13(18)19,10-4-5-10)16-12(17)8-9-2-6-11(15)7-3-9/h2-3,6-7,10H,4-5,8H2,1H3,(H,16,17)(H,18,19). The largest absolute Gasteiger partial charge is 0.480 e. The Hall–Kier alpha value is -1.55. The van der Waals surface area contributed by atoms with Gasteiger partial charge in [0.05, 0.1) is 6.42 Å². The van der Waals surface area contributed by atoms with Gasteiger partial charge in [0.25, 0.3) is 0 Å². The predicted octanol–water partition coefficient (Wildman–Crippen LogP) is 2.25. The van der Waals surface area contributed by atoms with Crippen LogP contribution in [0.25, 0.3) is 0 Å². The van der Waals surface area contributed by atoms with Crippen LogP contribution in [-0.2, 0) is 16.0 Å². The van der Waals surface area contributed by atoms with Gasteiger partial charge >= 0.3 is 5.97 Å². The molecule has 0 bridgehead atoms. The Bertz CT molecular complexity index is 496. The fourth-order valence-electron chi connectivity index (χ4n) is 2.11. The molecule has 0 heterocycles. The minimum absolute atomic E-state index is 0.0409. The highest BCUT2D eigenvalue weighted by molar-refractivity contribution is 6.30. The van der Waals surface area contributed by atoms with E-state index in [1.807, 2.05) is 0 Å². The number of nitrogens with one attached hydrogen (secondary N) is 1. The molecule has 2 rings (SSSR count). The Morgan fingerprint density at radius 3 is 2.42 bits per heavy atom. The summed E-state index contributed by atoms with van der Waals surface area (Å²) in [5.74, 6) is -1.21. The molecule has 0 radical (unpaired) electrons. The molecular formula is C14H16ClNO3. The van der Waals surface area contributed by atoms with Crippen molar-refractivity contribution in [1.29, 1.82) is 0 Å². The monoisotopic (exact) mass is 281 g/mol. The molecule has 1 aromatic rings. The maximum Gasteiger partial charge on any atom is 0.329 e. The van der Waals surface area contributed by atoms with Gasteiger partial charge < -0.3 is 10.4 Å². The second-order valence-corrected chi connectivity index (χ2v) is 5.57. The summed E-state index contributed by atoms with van der Waals surface area (Å²) in [5, 5.41) is 12.5. The molecule has 4 nitrogen and oxygen atoms in total. The average molecular weight is 282 g/mol. The van der Waals surface area contributed by atoms with E-state index in [-0.39, 0.29) is 18.2 Å². The van der Waals surface area contributed by atoms with E-state index in [9.17, 15) is 14.7 Å². The van der Waals surface area contributed by atoms with Gasteiger partial charge in [-0.2, -0.15) is 0 Å². The van der Waals surface area contributed by atoms with Crippen molar-refractivity contribution in [3.63, 3.8) is 0 Å². The molecule has 19 heavy (non-hydrogen) atoms. The molecule has 1 saturated carbocycles. The van der Waals surface area contributed by atoms with E-state index in [0.717, 1.165) is 18.4 Å². The van der Waals surface area contributed by atoms with E-state index in [1.54, 1.807) is 31.2 Å². The van der Waals surface area contributed by atoms with Crippen LogP contribution in [0.2, 0.25) is 5.02 Å². The van der Waals surface area contributed by atoms with Crippen LogP contribution in [0.5, 0.6) is 0 Å². The summed E-state index contributed by atoms with van der Waals surface area (Å²) in [5.41, 5.74) is -0.339. The van der Waals surface area contributed by atoms with Crippen molar-refractivity contribution in [2.75, 3.05) is 0 Å². The van der Waals surface area contributed by atoms with Crippen molar-refractivity contribution < 1.29 is 14.7 Å². The van der Waals surface area contributed by atoms with Crippen molar-refractivity contribution >= 4 is 23.5 Å². The van der Waals surface area contributed by atoms with E-state index in [4.69, 9.17) is 11.6 Å². The molecule has 2 N–H and O–H groups in total. The first-order valence-corrected chi connectivity index (χ1v) is 6.58. The third-order valence-corrected chi connectivity index (χ3v) is 3.77. The molecule has 5 heteroatoms. The molecular weight excluding hydrogens is 266 g/mol. The van der Waals surface area contributed by atoms with E-state index in [2.05, 4.69) is 5.32 Å². The van der Waals surface area contributed by atoms with Crippen LogP contribution >= 0.6 is 11.6 Å². The molecule has 1 aromatic carbocycles. The minimum Gasteiger partial charge on any atom is -0.480 e. The summed E-state index contributed by atoms with van der Waals surface area (Å²) in [6.45, 7) is 1.58. The lowest BCUT2D eigenvalue weighted by Gasteiger charge is -2.26. The third kappa shape index (κ3) is 3.26. The molecule has 1 unspecified atom stereocenters. The van der Waals surface area contributed by atoms with Crippen molar-refractivity contribution in [1.82, 2.24) is 5.32 Å². The SMILES string of the molecule is CC(NC(=O)Cc1ccc(Cl)cc1)(C(=O)O)C1CC1. The number of carboxylic acid groups (broad SMARTS) is 1. The van der Waals surface area contributed by atoms with Gasteiger partial charge in [-0.3, -0.25) is 4.79 Å². The number of carbonyl (C=O) groups excluding carboxylic acids is 1. The lowest BCUT2D eigenvalue weighted by Crippen LogP contribution is -2.54. The Morgan fingerprint density at radius 1 is 1.37 bits per heavy atom. The zero-order valence-electron chi connectivity index (χ0n) is 10.6. The zero-order valence-corrected chi connectivity index (χ0v) is 11.4. The van der Waals surface area contributed by atoms with Gasteiger partial charge in [0.1, 0.15) is 5.54 Å². The molecule has 1 atom stereocenters. The predicted molar refractivity (Wildman–Crippen MR) is 72.1 cm³/mol. The van der Waals surface area contributed by atoms with Gasteiger partial charge in [-0.05, 0) is 43.4 Å². The van der Waals surface area contributed by atoms with Crippen LogP contribution in [0.3, 0.4) is 0 Å². The van der Waals surface area contributed by atoms with Gasteiger partial charge in [-0.15, -0.1) is 0 Å². The normalized spacial score (nSPS) is 17.6. The van der Waals surface area contributed by atoms with Crippen molar-refractivity contribution in [2.24, 2.45) is 5.92 Å². The summed E-state index contributed by atoms with van der Waals surface area (Å²) in [4.78, 5) is 23.2. The lowest BCUT2D eigenvalue weighted by molar-refractivity contribution is -0.147. The van der Waals surface area contributed by atoms with Crippen LogP contribution in [0, 0.1) is 5.92 Å². The third-order valence-electron chi connectivity index (χ3n) is 3.52. The van der Waals surface area contributed by atoms with Gasteiger partial charge in [0, 0.05) is 5.02 Å². The number of amides is 1. The maximum atomic E-state index is 11.9. The van der Waals surface area contributed by atoms with E-state index >= 15 is 0 Å². The molecule has 102 valence electrons. The summed E-state index contributed by atoms with van der Waals surface area (Å²) in [6, 6.07) is 6.94. The highest BCUT2D eigenvalue weighted by Crippen LogP contribution is 2.39. The van der Waals surface area contributed by atoms with Gasteiger partial charge in [0.15, 0.2) is 0 Å². The van der Waals surface area contributed by atoms with Crippen molar-refractivity contribution in [2.45, 2.75) is 31.7 Å². The second-order valence-electron chi connectivity index (χ2n) is 5.13. The number of aliphatic carboxylic acids is 1. The van der Waals surface area contributed by atoms with Crippen LogP contribution < -0.4 is 5.32 Å². The fourth-order valence-corrected chi connectivity index (χ4v) is 2.24. The second kappa shape index (κ2) is 5.21. The smallest absolute Gasteiger partial charge is 0.329 e. The van der Waals surface area contributed by atoms with Gasteiger partial charge in [-0.1, -0.05) is 23.7 Å². The minimum atomic E-state index is -1.15. The summed E-state index contributed by atoms with van der Waals surface area (Å²) < 4.78 is 0. The van der Waals surface area contributed by atoms with Crippen LogP contribution in [0.15, 0.2) is 24.3 Å². The van der Waals surface area contributed by atoms with Crippen molar-refractivity contribution in [3.8, 4) is 0 Å². The average Bonchev–Trinajstić information content (AvgIpc) is 3.16. The Balaban J connectivity index is 2.00. The van der Waals surface area contributed by atoms with Gasteiger partial charge in [-0.25, -0.2) is 4.79 Å². The summed E-state index contributed by atoms with van der Waals surface area (Å²) >= 11 is 5.77. The maximum absolute atomic E-state index is 11.9. The summed E-state index contributed by atoms with van der Waals surface area (Å²) in [7, 11) is 0. The van der Waals surface area contributed by atoms with Gasteiger partial charge in [0.2, 0.25) is 5.91 Å². The van der Waals surface area contributed by atoms with Crippen LogP contribution in [0.1, 0.15) is 25.3 Å². The number of carboxylic acids is 1. The number of benzene rings is 1. The first kappa shape index (κ1) is 13.9. The van der Waals surface area contributed by atoms with E-state index < -0.39 is 11.5 Å². The number of rotatable bonds is 5. The van der Waals surface area contributed by atoms with E-state index in [0.29, 0.717) is 5.02 Å². The summed E-state index contributed by atoms with van der Waals surface area (Å²) in [6.07, 6.45) is 1.86. The van der Waals surface area contributed by atoms with Crippen LogP contribution in [0.4, 0.5) is 0 Å². The first-order valence-electron chi connectivity index (χ1n) is 6.20. The van der Waals surface area contributed by atoms with Crippen LogP contribution in [-0.4, -0.2) is 22.5 Å². The Labute approximate surface area is 116 Å². The Kier molecular flexibility index (Phi) is 3.80. The number of halogens is 1. The molecule has 0 aliphatic heterocycles. The molecule has 1 aliphatic carbocycles. The molecule has 0 spiro atoms. The molecule has 0 aromatic heterocycles. The van der Waals surface area contributed by atoms with E-state index in [1.165, 1.54) is 0 Å². The molecule has 1 aliphatic rings. The molecule has 1 fully saturated rings. The zero-order chi connectivity index (χ0) is 14.0. The number of carbonyl (C=O) groups is 2. The number of hydrogen-bond acceptors (Lipinski definition) is 2. The molecule has 1 amide bonds. The number of hydrogen-bond donors (Lipinski definition) is 2. The topological polar surface area (TPSA) is 66.4 Å². The highest BCUT2D eigenvalue weighted by atomic mass is 35.5. The lowest BCUT2D eigenvalue weighted by atomic mass is 9.95.